The van der Waals surface area contributed by atoms with Gasteiger partial charge in [-0.05, 0) is 26.3 Å². The molecule has 0 saturated heterocycles. The summed E-state index contributed by atoms with van der Waals surface area (Å²) in [5, 5.41) is 8.15. The van der Waals surface area contributed by atoms with Gasteiger partial charge in [-0.3, -0.25) is 9.59 Å². The lowest BCUT2D eigenvalue weighted by atomic mass is 10.1. The molecule has 0 aliphatic carbocycles. The fourth-order valence-electron chi connectivity index (χ4n) is 2.50. The van der Waals surface area contributed by atoms with Crippen molar-refractivity contribution < 1.29 is 9.59 Å². The average Bonchev–Trinajstić information content (AvgIpc) is 3.27. The molecule has 2 aromatic heterocycles. The van der Waals surface area contributed by atoms with Crippen molar-refractivity contribution in [1.82, 2.24) is 15.3 Å². The van der Waals surface area contributed by atoms with Crippen LogP contribution in [0.1, 0.15) is 33.8 Å². The molecule has 6 nitrogen and oxygen atoms in total. The molecule has 140 valence electrons. The van der Waals surface area contributed by atoms with E-state index in [2.05, 4.69) is 26.7 Å². The Morgan fingerprint density at radius 2 is 2.04 bits per heavy atom. The zero-order valence-electron chi connectivity index (χ0n) is 15.1. The molecule has 0 atom stereocenters. The third kappa shape index (κ3) is 5.21. The molecular weight excluding hydrogens is 380 g/mol. The normalized spacial score (nSPS) is 10.6. The Morgan fingerprint density at radius 1 is 1.19 bits per heavy atom. The molecule has 2 N–H and O–H groups in total. The highest BCUT2D eigenvalue weighted by Gasteiger charge is 2.12. The maximum Gasteiger partial charge on any atom is 0.263 e. The summed E-state index contributed by atoms with van der Waals surface area (Å²) in [6.45, 7) is 4.28. The van der Waals surface area contributed by atoms with Crippen LogP contribution < -0.4 is 10.6 Å². The van der Waals surface area contributed by atoms with Crippen LogP contribution in [0.25, 0.3) is 11.3 Å². The lowest BCUT2D eigenvalue weighted by Gasteiger charge is -2.04. The Bertz CT molecular complexity index is 949. The second-order valence-corrected chi connectivity index (χ2v) is 7.79. The molecule has 2 amide bonds. The van der Waals surface area contributed by atoms with Crippen LogP contribution in [0.3, 0.4) is 0 Å². The predicted octanol–water partition coefficient (Wildman–Crippen LogP) is 4.03. The minimum absolute atomic E-state index is 0.108. The van der Waals surface area contributed by atoms with Gasteiger partial charge in [0.05, 0.1) is 16.9 Å². The van der Waals surface area contributed by atoms with E-state index in [-0.39, 0.29) is 11.8 Å². The summed E-state index contributed by atoms with van der Waals surface area (Å²) in [5.41, 5.74) is 5.43. The smallest absolute Gasteiger partial charge is 0.263 e. The van der Waals surface area contributed by atoms with Crippen molar-refractivity contribution in [2.24, 2.45) is 0 Å². The molecule has 8 heteroatoms. The second kappa shape index (κ2) is 8.88. The van der Waals surface area contributed by atoms with Crippen LogP contribution in [0.2, 0.25) is 0 Å². The number of nitrogens with zero attached hydrogens (tertiary/aromatic N) is 2. The van der Waals surface area contributed by atoms with E-state index in [1.54, 1.807) is 12.4 Å². The van der Waals surface area contributed by atoms with Gasteiger partial charge in [-0.25, -0.2) is 9.97 Å². The highest BCUT2D eigenvalue weighted by Crippen LogP contribution is 2.25. The van der Waals surface area contributed by atoms with Crippen molar-refractivity contribution in [2.45, 2.75) is 26.7 Å². The van der Waals surface area contributed by atoms with E-state index in [0.29, 0.717) is 29.4 Å². The van der Waals surface area contributed by atoms with Crippen molar-refractivity contribution in [2.75, 3.05) is 11.9 Å². The first-order valence-electron chi connectivity index (χ1n) is 8.53. The van der Waals surface area contributed by atoms with Gasteiger partial charge >= 0.3 is 0 Å². The number of nitrogens with one attached hydrogen (secondary N) is 2. The molecule has 0 saturated carbocycles. The van der Waals surface area contributed by atoms with Gasteiger partial charge in [-0.1, -0.05) is 23.8 Å². The summed E-state index contributed by atoms with van der Waals surface area (Å²) < 4.78 is 0. The fraction of sp³-hybridized carbons (Fsp3) is 0.263. The number of rotatable bonds is 7. The summed E-state index contributed by atoms with van der Waals surface area (Å²) in [6, 6.07) is 8.09. The van der Waals surface area contributed by atoms with Crippen LogP contribution in [0.4, 0.5) is 5.13 Å². The number of carbonyl (C=O) groups excluding carboxylic acids is 2. The van der Waals surface area contributed by atoms with Crippen LogP contribution in [-0.4, -0.2) is 28.3 Å². The molecule has 0 fully saturated rings. The Morgan fingerprint density at radius 3 is 2.78 bits per heavy atom. The van der Waals surface area contributed by atoms with Crippen LogP contribution >= 0.6 is 22.7 Å². The Hall–Kier alpha value is -2.58. The summed E-state index contributed by atoms with van der Waals surface area (Å²) in [4.78, 5) is 33.2. The Labute approximate surface area is 165 Å². The maximum absolute atomic E-state index is 12.1. The zero-order valence-corrected chi connectivity index (χ0v) is 16.7. The van der Waals surface area contributed by atoms with E-state index >= 15 is 0 Å². The van der Waals surface area contributed by atoms with Gasteiger partial charge < -0.3 is 10.6 Å². The predicted molar refractivity (Wildman–Crippen MR) is 109 cm³/mol. The fourth-order valence-corrected chi connectivity index (χ4v) is 3.96. The van der Waals surface area contributed by atoms with Crippen molar-refractivity contribution in [3.05, 3.63) is 51.3 Å². The molecule has 0 aliphatic heterocycles. The molecule has 27 heavy (non-hydrogen) atoms. The number of benzene rings is 1. The monoisotopic (exact) mass is 400 g/mol. The highest BCUT2D eigenvalue weighted by molar-refractivity contribution is 7.14. The van der Waals surface area contributed by atoms with E-state index in [0.717, 1.165) is 17.0 Å². The molecule has 0 bridgehead atoms. The number of hydrogen-bond donors (Lipinski definition) is 2. The number of amides is 2. The Balaban J connectivity index is 1.43. The van der Waals surface area contributed by atoms with Crippen LogP contribution in [0, 0.1) is 13.8 Å². The van der Waals surface area contributed by atoms with Gasteiger partial charge in [-0.2, -0.15) is 0 Å². The van der Waals surface area contributed by atoms with Crippen molar-refractivity contribution in [1.29, 1.82) is 0 Å². The zero-order chi connectivity index (χ0) is 19.2. The Kier molecular flexibility index (Phi) is 6.31. The van der Waals surface area contributed by atoms with E-state index in [4.69, 9.17) is 0 Å². The molecular formula is C19H20N4O2S2. The van der Waals surface area contributed by atoms with Crippen molar-refractivity contribution in [3.63, 3.8) is 0 Å². The number of carbonyl (C=O) groups is 2. The van der Waals surface area contributed by atoms with Gasteiger partial charge in [-0.15, -0.1) is 22.7 Å². The first-order valence-corrected chi connectivity index (χ1v) is 10.3. The summed E-state index contributed by atoms with van der Waals surface area (Å²) in [7, 11) is 0. The molecule has 0 spiro atoms. The first kappa shape index (κ1) is 19.2. The van der Waals surface area contributed by atoms with Crippen LogP contribution in [0.5, 0.6) is 0 Å². The van der Waals surface area contributed by atoms with Crippen molar-refractivity contribution in [3.8, 4) is 11.3 Å². The van der Waals surface area contributed by atoms with Gasteiger partial charge in [0.2, 0.25) is 5.91 Å². The van der Waals surface area contributed by atoms with Gasteiger partial charge in [0, 0.05) is 23.9 Å². The van der Waals surface area contributed by atoms with Crippen molar-refractivity contribution >= 4 is 39.6 Å². The number of anilines is 1. The van der Waals surface area contributed by atoms with Crippen LogP contribution in [-0.2, 0) is 4.79 Å². The third-order valence-corrected chi connectivity index (χ3v) is 5.57. The average molecular weight is 401 g/mol. The minimum atomic E-state index is -0.141. The first-order chi connectivity index (χ1) is 13.0. The SMILES string of the molecule is Cc1cccc(-c2csc(NC(=O)CCCNC(=O)c3scnc3C)n2)c1. The van der Waals surface area contributed by atoms with E-state index in [1.807, 2.05) is 30.5 Å². The standard InChI is InChI=1S/C19H20N4O2S2/c1-12-5-3-6-14(9-12)15-10-26-19(22-15)23-16(24)7-4-8-20-18(25)17-13(2)21-11-27-17/h3,5-6,9-11H,4,7-8H2,1-2H3,(H,20,25)(H,22,23,24). The largest absolute Gasteiger partial charge is 0.351 e. The molecule has 0 radical (unpaired) electrons. The van der Waals surface area contributed by atoms with E-state index in [1.165, 1.54) is 28.2 Å². The van der Waals surface area contributed by atoms with Gasteiger partial charge in [0.1, 0.15) is 4.88 Å². The minimum Gasteiger partial charge on any atom is -0.351 e. The van der Waals surface area contributed by atoms with Crippen LogP contribution in [0.15, 0.2) is 35.2 Å². The summed E-state index contributed by atoms with van der Waals surface area (Å²) in [5.74, 6) is -0.249. The maximum atomic E-state index is 12.1. The molecule has 3 rings (SSSR count). The van der Waals surface area contributed by atoms with E-state index < -0.39 is 0 Å². The summed E-state index contributed by atoms with van der Waals surface area (Å²) in [6.07, 6.45) is 0.882. The molecule has 0 unspecified atom stereocenters. The topological polar surface area (TPSA) is 84.0 Å². The molecule has 3 aromatic rings. The summed E-state index contributed by atoms with van der Waals surface area (Å²) >= 11 is 2.72. The number of aromatic nitrogens is 2. The lowest BCUT2D eigenvalue weighted by Crippen LogP contribution is -2.25. The quantitative estimate of drug-likeness (QED) is 0.587. The molecule has 1 aromatic carbocycles. The number of hydrogen-bond acceptors (Lipinski definition) is 6. The highest BCUT2D eigenvalue weighted by atomic mass is 32.1. The van der Waals surface area contributed by atoms with E-state index in [9.17, 15) is 9.59 Å². The molecule has 2 heterocycles. The molecule has 0 aliphatic rings. The van der Waals surface area contributed by atoms with Gasteiger partial charge in [0.25, 0.3) is 5.91 Å². The second-order valence-electron chi connectivity index (χ2n) is 6.08. The lowest BCUT2D eigenvalue weighted by molar-refractivity contribution is -0.116. The third-order valence-electron chi connectivity index (χ3n) is 3.88. The number of thiazole rings is 2. The number of aryl methyl sites for hydroxylation is 2. The van der Waals surface area contributed by atoms with Gasteiger partial charge in [0.15, 0.2) is 5.13 Å².